The predicted octanol–water partition coefficient (Wildman–Crippen LogP) is 4.47. The number of nitrogens with one attached hydrogen (secondary N) is 1. The molecule has 0 aliphatic carbocycles. The molecule has 3 aromatic rings. The Morgan fingerprint density at radius 1 is 1.21 bits per heavy atom. The minimum Gasteiger partial charge on any atom is -0.384 e. The van der Waals surface area contributed by atoms with E-state index in [9.17, 15) is 9.50 Å². The third-order valence-electron chi connectivity index (χ3n) is 3.59. The molecule has 0 saturated heterocycles. The number of halogens is 1. The highest BCUT2D eigenvalue weighted by Gasteiger charge is 2.21. The zero-order valence-electron chi connectivity index (χ0n) is 12.7. The fraction of sp³-hybridized carbons (Fsp3) is 0.0526. The number of benzene rings is 1. The molecule has 3 nitrogen and oxygen atoms in total. The van der Waals surface area contributed by atoms with Gasteiger partial charge in [-0.2, -0.15) is 11.3 Å². The molecule has 3 rings (SSSR count). The van der Waals surface area contributed by atoms with Crippen LogP contribution in [-0.2, 0) is 0 Å². The standard InChI is InChI=1S/C19H15FN2OS/c20-17-6-2-1-5-15(17)18(21)16(10-13-7-9-24-12-13)19(23)14-4-3-8-22-11-14/h1-12,19,21,23H. The monoisotopic (exact) mass is 338 g/mol. The maximum atomic E-state index is 14.1. The largest absolute Gasteiger partial charge is 0.384 e. The van der Waals surface area contributed by atoms with Crippen LogP contribution in [0.1, 0.15) is 22.8 Å². The van der Waals surface area contributed by atoms with Crippen LogP contribution in [-0.4, -0.2) is 15.8 Å². The third kappa shape index (κ3) is 3.48. The van der Waals surface area contributed by atoms with Gasteiger partial charge in [-0.15, -0.1) is 0 Å². The number of nitrogens with zero attached hydrogens (tertiary/aromatic N) is 1. The van der Waals surface area contributed by atoms with Crippen molar-refractivity contribution in [2.24, 2.45) is 0 Å². The quantitative estimate of drug-likeness (QED) is 0.675. The number of pyridine rings is 1. The lowest BCUT2D eigenvalue weighted by molar-refractivity contribution is 0.222. The van der Waals surface area contributed by atoms with Crippen LogP contribution in [0.3, 0.4) is 0 Å². The summed E-state index contributed by atoms with van der Waals surface area (Å²) in [5.41, 5.74) is 1.85. The maximum Gasteiger partial charge on any atom is 0.132 e. The lowest BCUT2D eigenvalue weighted by Gasteiger charge is -2.17. The van der Waals surface area contributed by atoms with Crippen molar-refractivity contribution in [2.75, 3.05) is 0 Å². The van der Waals surface area contributed by atoms with Crippen LogP contribution >= 0.6 is 11.3 Å². The number of thiophene rings is 1. The Balaban J connectivity index is 2.06. The van der Waals surface area contributed by atoms with Crippen molar-refractivity contribution < 1.29 is 9.50 Å². The van der Waals surface area contributed by atoms with Gasteiger partial charge in [0.1, 0.15) is 11.9 Å². The molecule has 0 aliphatic rings. The second-order valence-corrected chi connectivity index (χ2v) is 5.98. The van der Waals surface area contributed by atoms with Gasteiger partial charge in [0.15, 0.2) is 0 Å². The average Bonchev–Trinajstić information content (AvgIpc) is 3.13. The summed E-state index contributed by atoms with van der Waals surface area (Å²) in [6.07, 6.45) is 3.80. The highest BCUT2D eigenvalue weighted by Crippen LogP contribution is 2.27. The van der Waals surface area contributed by atoms with Crippen LogP contribution in [0.2, 0.25) is 0 Å². The second-order valence-electron chi connectivity index (χ2n) is 5.20. The van der Waals surface area contributed by atoms with Gasteiger partial charge in [-0.05, 0) is 46.7 Å². The summed E-state index contributed by atoms with van der Waals surface area (Å²) in [7, 11) is 0. The first-order valence-electron chi connectivity index (χ1n) is 7.32. The van der Waals surface area contributed by atoms with Gasteiger partial charge in [-0.1, -0.05) is 18.2 Å². The Labute approximate surface area is 143 Å². The van der Waals surface area contributed by atoms with Gasteiger partial charge in [0.2, 0.25) is 0 Å². The minimum absolute atomic E-state index is 0.0457. The summed E-state index contributed by atoms with van der Waals surface area (Å²) in [5.74, 6) is -0.489. The van der Waals surface area contributed by atoms with E-state index in [1.165, 1.54) is 23.5 Å². The smallest absolute Gasteiger partial charge is 0.132 e. The van der Waals surface area contributed by atoms with E-state index in [4.69, 9.17) is 5.41 Å². The van der Waals surface area contributed by atoms with E-state index < -0.39 is 11.9 Å². The Bertz CT molecular complexity index is 860. The van der Waals surface area contributed by atoms with E-state index >= 15 is 0 Å². The molecule has 0 fully saturated rings. The summed E-state index contributed by atoms with van der Waals surface area (Å²) >= 11 is 1.52. The molecule has 1 atom stereocenters. The first-order valence-corrected chi connectivity index (χ1v) is 8.26. The van der Waals surface area contributed by atoms with Crippen molar-refractivity contribution in [2.45, 2.75) is 6.10 Å². The van der Waals surface area contributed by atoms with E-state index in [0.717, 1.165) is 5.56 Å². The zero-order chi connectivity index (χ0) is 16.9. The fourth-order valence-electron chi connectivity index (χ4n) is 2.36. The lowest BCUT2D eigenvalue weighted by Crippen LogP contribution is -2.13. The van der Waals surface area contributed by atoms with Gasteiger partial charge in [-0.3, -0.25) is 10.4 Å². The molecule has 0 amide bonds. The molecule has 2 heterocycles. The van der Waals surface area contributed by atoms with Crippen molar-refractivity contribution >= 4 is 23.1 Å². The van der Waals surface area contributed by atoms with Crippen molar-refractivity contribution in [3.8, 4) is 0 Å². The molecule has 0 bridgehead atoms. The highest BCUT2D eigenvalue weighted by molar-refractivity contribution is 7.08. The molecular formula is C19H15FN2OS. The van der Waals surface area contributed by atoms with Gasteiger partial charge < -0.3 is 5.11 Å². The maximum absolute atomic E-state index is 14.1. The Morgan fingerprint density at radius 2 is 2.04 bits per heavy atom. The van der Waals surface area contributed by atoms with Gasteiger partial charge in [0.25, 0.3) is 0 Å². The fourth-order valence-corrected chi connectivity index (χ4v) is 2.98. The van der Waals surface area contributed by atoms with Gasteiger partial charge in [0.05, 0.1) is 5.71 Å². The van der Waals surface area contributed by atoms with Crippen LogP contribution in [0.25, 0.3) is 6.08 Å². The summed E-state index contributed by atoms with van der Waals surface area (Å²) in [6.45, 7) is 0. The lowest BCUT2D eigenvalue weighted by atomic mass is 9.93. The first-order chi connectivity index (χ1) is 11.7. The van der Waals surface area contributed by atoms with Gasteiger partial charge >= 0.3 is 0 Å². The normalized spacial score (nSPS) is 12.8. The van der Waals surface area contributed by atoms with Crippen LogP contribution in [0.4, 0.5) is 4.39 Å². The second kappa shape index (κ2) is 7.29. The number of hydrogen-bond donors (Lipinski definition) is 2. The first kappa shape index (κ1) is 16.2. The van der Waals surface area contributed by atoms with E-state index in [-0.39, 0.29) is 11.3 Å². The molecule has 1 aromatic carbocycles. The molecule has 120 valence electrons. The van der Waals surface area contributed by atoms with Crippen molar-refractivity contribution in [1.82, 2.24) is 4.98 Å². The molecule has 1 unspecified atom stereocenters. The number of hydrogen-bond acceptors (Lipinski definition) is 4. The summed E-state index contributed by atoms with van der Waals surface area (Å²) < 4.78 is 14.1. The topological polar surface area (TPSA) is 57.0 Å². The Morgan fingerprint density at radius 3 is 2.71 bits per heavy atom. The van der Waals surface area contributed by atoms with Crippen LogP contribution in [0.15, 0.2) is 71.2 Å². The molecule has 2 aromatic heterocycles. The average molecular weight is 338 g/mol. The molecule has 0 radical (unpaired) electrons. The van der Waals surface area contributed by atoms with E-state index in [1.54, 1.807) is 42.7 Å². The SMILES string of the molecule is N=C(C(=Cc1ccsc1)C(O)c1cccnc1)c1ccccc1F. The Kier molecular flexibility index (Phi) is 4.93. The van der Waals surface area contributed by atoms with Crippen molar-refractivity contribution in [3.05, 3.63) is 93.7 Å². The molecule has 2 N–H and O–H groups in total. The number of rotatable bonds is 5. The Hall–Kier alpha value is -2.63. The number of aromatic nitrogens is 1. The van der Waals surface area contributed by atoms with Crippen LogP contribution in [0.5, 0.6) is 0 Å². The number of aliphatic hydroxyl groups is 1. The van der Waals surface area contributed by atoms with E-state index in [1.807, 2.05) is 16.8 Å². The molecule has 0 aliphatic heterocycles. The number of aliphatic hydroxyl groups excluding tert-OH is 1. The summed E-state index contributed by atoms with van der Waals surface area (Å²) in [5, 5.41) is 23.0. The van der Waals surface area contributed by atoms with Gasteiger partial charge in [0, 0.05) is 29.1 Å². The highest BCUT2D eigenvalue weighted by atomic mass is 32.1. The molecule has 24 heavy (non-hydrogen) atoms. The third-order valence-corrected chi connectivity index (χ3v) is 4.29. The summed E-state index contributed by atoms with van der Waals surface area (Å²) in [4.78, 5) is 4.01. The molecule has 0 spiro atoms. The molecule has 0 saturated carbocycles. The predicted molar refractivity (Wildman–Crippen MR) is 94.7 cm³/mol. The molecule has 5 heteroatoms. The van der Waals surface area contributed by atoms with Crippen LogP contribution in [0, 0.1) is 11.2 Å². The van der Waals surface area contributed by atoms with Crippen molar-refractivity contribution in [3.63, 3.8) is 0 Å². The summed E-state index contributed by atoms with van der Waals surface area (Å²) in [6, 6.07) is 11.4. The van der Waals surface area contributed by atoms with E-state index in [0.29, 0.717) is 11.1 Å². The van der Waals surface area contributed by atoms with Crippen molar-refractivity contribution in [1.29, 1.82) is 5.41 Å². The zero-order valence-corrected chi connectivity index (χ0v) is 13.5. The van der Waals surface area contributed by atoms with E-state index in [2.05, 4.69) is 4.98 Å². The van der Waals surface area contributed by atoms with Crippen LogP contribution < -0.4 is 0 Å². The van der Waals surface area contributed by atoms with Gasteiger partial charge in [-0.25, -0.2) is 4.39 Å². The molecular weight excluding hydrogens is 323 g/mol. The minimum atomic E-state index is -1.06.